The Kier molecular flexibility index (Phi) is 3.25. The van der Waals surface area contributed by atoms with Gasteiger partial charge in [-0.3, -0.25) is 4.79 Å². The van der Waals surface area contributed by atoms with Crippen LogP contribution in [0.1, 0.15) is 36.0 Å². The Hall–Kier alpha value is -1.81. The van der Waals surface area contributed by atoms with Gasteiger partial charge in [0, 0.05) is 22.7 Å². The quantitative estimate of drug-likeness (QED) is 0.773. The SMILES string of the molecule is O=C(N[C@H]1CCCC[C@@H]1O)c1cccc2[nH]ccc12. The number of aromatic nitrogens is 1. The molecule has 1 aliphatic rings. The second-order valence-electron chi connectivity index (χ2n) is 5.18. The van der Waals surface area contributed by atoms with Crippen LogP contribution in [-0.2, 0) is 0 Å². The topological polar surface area (TPSA) is 65.1 Å². The van der Waals surface area contributed by atoms with Crippen LogP contribution in [-0.4, -0.2) is 28.1 Å². The van der Waals surface area contributed by atoms with Crippen LogP contribution in [0.4, 0.5) is 0 Å². The average Bonchev–Trinajstić information content (AvgIpc) is 2.89. The van der Waals surface area contributed by atoms with E-state index in [0.29, 0.717) is 5.56 Å². The molecule has 1 fully saturated rings. The molecule has 0 aliphatic heterocycles. The molecule has 0 radical (unpaired) electrons. The summed E-state index contributed by atoms with van der Waals surface area (Å²) in [7, 11) is 0. The van der Waals surface area contributed by atoms with Crippen molar-refractivity contribution in [1.82, 2.24) is 10.3 Å². The normalized spacial score (nSPS) is 23.4. The molecule has 3 rings (SSSR count). The summed E-state index contributed by atoms with van der Waals surface area (Å²) in [5.41, 5.74) is 1.62. The number of nitrogens with one attached hydrogen (secondary N) is 2. The maximum absolute atomic E-state index is 12.3. The van der Waals surface area contributed by atoms with Gasteiger partial charge in [0.1, 0.15) is 0 Å². The van der Waals surface area contributed by atoms with Gasteiger partial charge in [-0.05, 0) is 31.0 Å². The van der Waals surface area contributed by atoms with Crippen LogP contribution in [0.2, 0.25) is 0 Å². The number of hydrogen-bond acceptors (Lipinski definition) is 2. The molecule has 0 saturated heterocycles. The van der Waals surface area contributed by atoms with E-state index in [0.717, 1.165) is 36.6 Å². The zero-order valence-corrected chi connectivity index (χ0v) is 10.7. The highest BCUT2D eigenvalue weighted by Crippen LogP contribution is 2.21. The Bertz CT molecular complexity index is 591. The summed E-state index contributed by atoms with van der Waals surface area (Å²) in [5.74, 6) is -0.101. The molecule has 1 heterocycles. The first-order valence-electron chi connectivity index (χ1n) is 6.81. The lowest BCUT2D eigenvalue weighted by Gasteiger charge is -2.28. The number of carbonyl (C=O) groups is 1. The molecule has 0 spiro atoms. The van der Waals surface area contributed by atoms with Gasteiger partial charge < -0.3 is 15.4 Å². The van der Waals surface area contributed by atoms with Crippen molar-refractivity contribution in [3.63, 3.8) is 0 Å². The van der Waals surface area contributed by atoms with Crippen molar-refractivity contribution in [2.45, 2.75) is 37.8 Å². The number of carbonyl (C=O) groups excluding carboxylic acids is 1. The standard InChI is InChI=1S/C15H18N2O2/c18-14-7-2-1-5-13(14)17-15(19)11-4-3-6-12-10(11)8-9-16-12/h3-4,6,8-9,13-14,16,18H,1-2,5,7H2,(H,17,19)/t13-,14-/m0/s1. The smallest absolute Gasteiger partial charge is 0.252 e. The van der Waals surface area contributed by atoms with Gasteiger partial charge in [0.2, 0.25) is 0 Å². The zero-order valence-electron chi connectivity index (χ0n) is 10.7. The molecule has 1 aliphatic carbocycles. The Morgan fingerprint density at radius 1 is 1.26 bits per heavy atom. The fourth-order valence-corrected chi connectivity index (χ4v) is 2.81. The fraction of sp³-hybridized carbons (Fsp3) is 0.400. The third-order valence-electron chi connectivity index (χ3n) is 3.89. The lowest BCUT2D eigenvalue weighted by atomic mass is 9.92. The van der Waals surface area contributed by atoms with E-state index in [1.807, 2.05) is 30.5 Å². The number of H-pyrrole nitrogens is 1. The van der Waals surface area contributed by atoms with E-state index in [4.69, 9.17) is 0 Å². The van der Waals surface area contributed by atoms with E-state index in [-0.39, 0.29) is 11.9 Å². The Balaban J connectivity index is 1.82. The first-order valence-corrected chi connectivity index (χ1v) is 6.81. The second-order valence-corrected chi connectivity index (χ2v) is 5.18. The van der Waals surface area contributed by atoms with E-state index < -0.39 is 6.10 Å². The highest BCUT2D eigenvalue weighted by Gasteiger charge is 2.25. The molecule has 0 bridgehead atoms. The molecule has 100 valence electrons. The molecule has 1 saturated carbocycles. The molecule has 1 amide bonds. The van der Waals surface area contributed by atoms with Crippen molar-refractivity contribution >= 4 is 16.8 Å². The number of aliphatic hydroxyl groups excluding tert-OH is 1. The van der Waals surface area contributed by atoms with Crippen molar-refractivity contribution in [3.05, 3.63) is 36.0 Å². The van der Waals surface area contributed by atoms with Crippen LogP contribution in [0.25, 0.3) is 10.9 Å². The highest BCUT2D eigenvalue weighted by molar-refractivity contribution is 6.06. The number of hydrogen-bond donors (Lipinski definition) is 3. The van der Waals surface area contributed by atoms with Crippen molar-refractivity contribution < 1.29 is 9.90 Å². The van der Waals surface area contributed by atoms with Crippen molar-refractivity contribution in [3.8, 4) is 0 Å². The number of benzene rings is 1. The minimum absolute atomic E-state index is 0.101. The molecular weight excluding hydrogens is 240 g/mol. The van der Waals surface area contributed by atoms with Crippen LogP contribution in [0.3, 0.4) is 0 Å². The summed E-state index contributed by atoms with van der Waals surface area (Å²) in [6.07, 6.45) is 5.16. The first kappa shape index (κ1) is 12.2. The monoisotopic (exact) mass is 258 g/mol. The van der Waals surface area contributed by atoms with Gasteiger partial charge in [-0.1, -0.05) is 18.9 Å². The summed E-state index contributed by atoms with van der Waals surface area (Å²) in [4.78, 5) is 15.4. The molecule has 2 aromatic rings. The molecule has 3 N–H and O–H groups in total. The van der Waals surface area contributed by atoms with Crippen molar-refractivity contribution in [2.24, 2.45) is 0 Å². The van der Waals surface area contributed by atoms with Gasteiger partial charge in [0.15, 0.2) is 0 Å². The molecular formula is C15H18N2O2. The fourth-order valence-electron chi connectivity index (χ4n) is 2.81. The molecule has 0 unspecified atom stereocenters. The third kappa shape index (κ3) is 2.36. The van der Waals surface area contributed by atoms with Crippen molar-refractivity contribution in [1.29, 1.82) is 0 Å². The molecule has 1 aromatic heterocycles. The van der Waals surface area contributed by atoms with Gasteiger partial charge in [0.25, 0.3) is 5.91 Å². The van der Waals surface area contributed by atoms with Gasteiger partial charge in [-0.25, -0.2) is 0 Å². The number of rotatable bonds is 2. The number of amides is 1. The summed E-state index contributed by atoms with van der Waals surface area (Å²) >= 11 is 0. The average molecular weight is 258 g/mol. The largest absolute Gasteiger partial charge is 0.391 e. The summed E-state index contributed by atoms with van der Waals surface area (Å²) < 4.78 is 0. The van der Waals surface area contributed by atoms with E-state index >= 15 is 0 Å². The zero-order chi connectivity index (χ0) is 13.2. The van der Waals surface area contributed by atoms with Gasteiger partial charge in [0.05, 0.1) is 12.1 Å². The van der Waals surface area contributed by atoms with Crippen molar-refractivity contribution in [2.75, 3.05) is 0 Å². The lowest BCUT2D eigenvalue weighted by Crippen LogP contribution is -2.45. The highest BCUT2D eigenvalue weighted by atomic mass is 16.3. The Labute approximate surface area is 111 Å². The van der Waals surface area contributed by atoms with Crippen LogP contribution in [0.15, 0.2) is 30.5 Å². The molecule has 4 heteroatoms. The number of aliphatic hydroxyl groups is 1. The van der Waals surface area contributed by atoms with E-state index in [2.05, 4.69) is 10.3 Å². The number of fused-ring (bicyclic) bond motifs is 1. The maximum Gasteiger partial charge on any atom is 0.252 e. The minimum Gasteiger partial charge on any atom is -0.391 e. The summed E-state index contributed by atoms with van der Waals surface area (Å²) in [6, 6.07) is 7.42. The molecule has 2 atom stereocenters. The number of aromatic amines is 1. The second kappa shape index (κ2) is 5.05. The van der Waals surface area contributed by atoms with Gasteiger partial charge in [-0.2, -0.15) is 0 Å². The summed E-state index contributed by atoms with van der Waals surface area (Å²) in [5, 5.41) is 13.8. The molecule has 1 aromatic carbocycles. The van der Waals surface area contributed by atoms with Gasteiger partial charge in [-0.15, -0.1) is 0 Å². The van der Waals surface area contributed by atoms with E-state index in [9.17, 15) is 9.90 Å². The Morgan fingerprint density at radius 3 is 2.95 bits per heavy atom. The van der Waals surface area contributed by atoms with Gasteiger partial charge >= 0.3 is 0 Å². The van der Waals surface area contributed by atoms with Crippen LogP contribution < -0.4 is 5.32 Å². The molecule has 19 heavy (non-hydrogen) atoms. The van der Waals surface area contributed by atoms with Crippen LogP contribution in [0, 0.1) is 0 Å². The maximum atomic E-state index is 12.3. The minimum atomic E-state index is -0.414. The van der Waals surface area contributed by atoms with E-state index in [1.54, 1.807) is 0 Å². The van der Waals surface area contributed by atoms with E-state index in [1.165, 1.54) is 0 Å². The van der Waals surface area contributed by atoms with Crippen LogP contribution in [0.5, 0.6) is 0 Å². The van der Waals surface area contributed by atoms with Crippen LogP contribution >= 0.6 is 0 Å². The Morgan fingerprint density at radius 2 is 2.11 bits per heavy atom. The first-order chi connectivity index (χ1) is 9.25. The predicted octanol–water partition coefficient (Wildman–Crippen LogP) is 2.20. The predicted molar refractivity (Wildman–Crippen MR) is 74.0 cm³/mol. The third-order valence-corrected chi connectivity index (χ3v) is 3.89. The summed E-state index contributed by atoms with van der Waals surface area (Å²) in [6.45, 7) is 0. The molecule has 4 nitrogen and oxygen atoms in total. The lowest BCUT2D eigenvalue weighted by molar-refractivity contribution is 0.0718.